The number of morpholine rings is 1. The van der Waals surface area contributed by atoms with Gasteiger partial charge in [-0.25, -0.2) is 23.2 Å². The Kier molecular flexibility index (Phi) is 7.50. The van der Waals surface area contributed by atoms with Gasteiger partial charge in [0.2, 0.25) is 10.0 Å². The van der Waals surface area contributed by atoms with Crippen molar-refractivity contribution in [3.63, 3.8) is 0 Å². The van der Waals surface area contributed by atoms with Crippen molar-refractivity contribution in [1.82, 2.24) is 28.4 Å². The van der Waals surface area contributed by atoms with Gasteiger partial charge in [0.1, 0.15) is 11.3 Å². The number of imidazole rings is 1. The summed E-state index contributed by atoms with van der Waals surface area (Å²) in [6.45, 7) is 3.86. The van der Waals surface area contributed by atoms with Gasteiger partial charge in [0.25, 0.3) is 10.8 Å². The lowest BCUT2D eigenvalue weighted by Gasteiger charge is -2.25. The molecule has 0 bridgehead atoms. The number of nitrogens with one attached hydrogen (secondary N) is 1. The summed E-state index contributed by atoms with van der Waals surface area (Å²) in [4.78, 5) is 37.3. The standard InChI is InChI=1S/C26H25ClN6O6S2/c1-2-32-21(29-23-22(32)24(34)30-25(35)33(23)14-16-3-5-17(27)6-4-16)15-40-26-28-19-13-18(7-8-20(19)39-26)41(36,37)31-9-11-38-12-10-31/h3-8,13H,2,9-12,14-15H2,1H3,(H,30,34,35). The summed E-state index contributed by atoms with van der Waals surface area (Å²) >= 11 is 7.25. The van der Waals surface area contributed by atoms with Crippen LogP contribution in [0.1, 0.15) is 18.3 Å². The van der Waals surface area contributed by atoms with Gasteiger partial charge in [-0.15, -0.1) is 0 Å². The molecule has 0 amide bonds. The quantitative estimate of drug-likeness (QED) is 0.260. The zero-order chi connectivity index (χ0) is 28.7. The Balaban J connectivity index is 1.29. The maximum absolute atomic E-state index is 13.1. The van der Waals surface area contributed by atoms with Crippen LogP contribution in [0.15, 0.2) is 66.6 Å². The zero-order valence-electron chi connectivity index (χ0n) is 21.9. The first-order chi connectivity index (χ1) is 19.7. The fourth-order valence-corrected chi connectivity index (χ4v) is 7.10. The van der Waals surface area contributed by atoms with Gasteiger partial charge in [-0.3, -0.25) is 14.3 Å². The molecule has 2 aromatic carbocycles. The Labute approximate surface area is 243 Å². The number of benzene rings is 2. The van der Waals surface area contributed by atoms with Gasteiger partial charge in [-0.1, -0.05) is 35.5 Å². The van der Waals surface area contributed by atoms with E-state index in [1.54, 1.807) is 22.8 Å². The molecule has 0 unspecified atom stereocenters. The van der Waals surface area contributed by atoms with Crippen molar-refractivity contribution in [2.24, 2.45) is 0 Å². The average molecular weight is 617 g/mol. The molecule has 1 N–H and O–H groups in total. The van der Waals surface area contributed by atoms with Crippen molar-refractivity contribution in [1.29, 1.82) is 0 Å². The van der Waals surface area contributed by atoms with Crippen LogP contribution in [0.4, 0.5) is 0 Å². The Bertz CT molecular complexity index is 1970. The molecule has 4 heterocycles. The van der Waals surface area contributed by atoms with Crippen molar-refractivity contribution in [3.8, 4) is 0 Å². The van der Waals surface area contributed by atoms with Gasteiger partial charge in [0.15, 0.2) is 16.7 Å². The average Bonchev–Trinajstić information content (AvgIpc) is 3.56. The molecule has 41 heavy (non-hydrogen) atoms. The lowest BCUT2D eigenvalue weighted by atomic mass is 10.2. The van der Waals surface area contributed by atoms with E-state index in [0.29, 0.717) is 71.3 Å². The molecule has 0 saturated carbocycles. The van der Waals surface area contributed by atoms with Crippen LogP contribution in [0, 0.1) is 0 Å². The summed E-state index contributed by atoms with van der Waals surface area (Å²) in [7, 11) is -3.68. The normalized spacial score (nSPS) is 14.8. The molecule has 0 spiro atoms. The molecule has 5 aromatic rings. The number of hydrogen-bond donors (Lipinski definition) is 1. The Morgan fingerprint density at radius 3 is 2.54 bits per heavy atom. The van der Waals surface area contributed by atoms with E-state index in [1.807, 2.05) is 19.1 Å². The summed E-state index contributed by atoms with van der Waals surface area (Å²) in [5.74, 6) is 0.856. The maximum atomic E-state index is 13.1. The van der Waals surface area contributed by atoms with Crippen LogP contribution >= 0.6 is 23.4 Å². The minimum absolute atomic E-state index is 0.141. The number of H-pyrrole nitrogens is 1. The number of sulfonamides is 1. The number of thioether (sulfide) groups is 1. The van der Waals surface area contributed by atoms with Gasteiger partial charge in [0, 0.05) is 24.7 Å². The van der Waals surface area contributed by atoms with Crippen molar-refractivity contribution < 1.29 is 17.6 Å². The first kappa shape index (κ1) is 27.7. The summed E-state index contributed by atoms with van der Waals surface area (Å²) in [6.07, 6.45) is 0. The predicted molar refractivity (Wildman–Crippen MR) is 154 cm³/mol. The molecule has 0 aliphatic carbocycles. The molecular weight excluding hydrogens is 592 g/mol. The molecule has 1 fully saturated rings. The van der Waals surface area contributed by atoms with E-state index >= 15 is 0 Å². The molecule has 3 aromatic heterocycles. The fraction of sp³-hybridized carbons (Fsp3) is 0.308. The van der Waals surface area contributed by atoms with E-state index in [0.717, 1.165) is 5.56 Å². The number of halogens is 1. The second-order valence-corrected chi connectivity index (χ2v) is 12.6. The number of aromatic nitrogens is 5. The van der Waals surface area contributed by atoms with Crippen LogP contribution in [0.25, 0.3) is 22.3 Å². The third-order valence-corrected chi connectivity index (χ3v) is 9.78. The molecule has 1 aliphatic heterocycles. The lowest BCUT2D eigenvalue weighted by Crippen LogP contribution is -2.40. The molecule has 12 nitrogen and oxygen atoms in total. The molecule has 214 valence electrons. The third-order valence-electron chi connectivity index (χ3n) is 6.81. The van der Waals surface area contributed by atoms with Crippen molar-refractivity contribution in [2.45, 2.75) is 35.9 Å². The van der Waals surface area contributed by atoms with E-state index in [1.165, 1.54) is 32.8 Å². The second-order valence-electron chi connectivity index (χ2n) is 9.33. The van der Waals surface area contributed by atoms with Gasteiger partial charge < -0.3 is 13.7 Å². The number of nitrogens with zero attached hydrogens (tertiary/aromatic N) is 5. The monoisotopic (exact) mass is 616 g/mol. The number of rotatable bonds is 8. The van der Waals surface area contributed by atoms with Crippen LogP contribution in [-0.2, 0) is 33.6 Å². The van der Waals surface area contributed by atoms with Crippen LogP contribution in [0.3, 0.4) is 0 Å². The van der Waals surface area contributed by atoms with E-state index < -0.39 is 21.3 Å². The molecule has 6 rings (SSSR count). The third kappa shape index (κ3) is 5.33. The number of aromatic amines is 1. The summed E-state index contributed by atoms with van der Waals surface area (Å²) < 4.78 is 41.8. The molecular formula is C26H25ClN6O6S2. The summed E-state index contributed by atoms with van der Waals surface area (Å²) in [5, 5.41) is 0.902. The smallest absolute Gasteiger partial charge is 0.330 e. The number of hydrogen-bond acceptors (Lipinski definition) is 9. The van der Waals surface area contributed by atoms with Crippen molar-refractivity contribution in [3.05, 3.63) is 79.7 Å². The first-order valence-corrected chi connectivity index (χ1v) is 15.6. The minimum Gasteiger partial charge on any atom is -0.431 e. The number of oxazole rings is 1. The molecule has 1 aliphatic rings. The maximum Gasteiger partial charge on any atom is 0.330 e. The Morgan fingerprint density at radius 2 is 1.80 bits per heavy atom. The minimum atomic E-state index is -3.68. The second kappa shape index (κ2) is 11.1. The van der Waals surface area contributed by atoms with E-state index in [9.17, 15) is 18.0 Å². The lowest BCUT2D eigenvalue weighted by molar-refractivity contribution is 0.0730. The summed E-state index contributed by atoms with van der Waals surface area (Å²) in [6, 6.07) is 11.7. The highest BCUT2D eigenvalue weighted by molar-refractivity contribution is 7.98. The van der Waals surface area contributed by atoms with Gasteiger partial charge in [0.05, 0.1) is 30.4 Å². The zero-order valence-corrected chi connectivity index (χ0v) is 24.3. The van der Waals surface area contributed by atoms with Gasteiger partial charge >= 0.3 is 5.69 Å². The van der Waals surface area contributed by atoms with Gasteiger partial charge in [-0.05, 0) is 42.8 Å². The van der Waals surface area contributed by atoms with Crippen molar-refractivity contribution >= 4 is 55.6 Å². The van der Waals surface area contributed by atoms with Gasteiger partial charge in [-0.2, -0.15) is 4.31 Å². The van der Waals surface area contributed by atoms with Crippen LogP contribution in [-0.4, -0.2) is 63.1 Å². The molecule has 0 radical (unpaired) electrons. The van der Waals surface area contributed by atoms with Crippen LogP contribution < -0.4 is 11.2 Å². The molecule has 15 heteroatoms. The van der Waals surface area contributed by atoms with E-state index in [4.69, 9.17) is 20.8 Å². The van der Waals surface area contributed by atoms with Crippen LogP contribution in [0.5, 0.6) is 0 Å². The Hall–Kier alpha value is -3.43. The highest BCUT2D eigenvalue weighted by Gasteiger charge is 2.27. The van der Waals surface area contributed by atoms with Crippen molar-refractivity contribution in [2.75, 3.05) is 26.3 Å². The highest BCUT2D eigenvalue weighted by Crippen LogP contribution is 2.29. The highest BCUT2D eigenvalue weighted by atomic mass is 35.5. The largest absolute Gasteiger partial charge is 0.431 e. The first-order valence-electron chi connectivity index (χ1n) is 12.8. The number of ether oxygens (including phenoxy) is 1. The SMILES string of the molecule is CCn1c(CSc2nc3cc(S(=O)(=O)N4CCOCC4)ccc3o2)nc2c1c(=O)[nH]c(=O)n2Cc1ccc(Cl)cc1. The predicted octanol–water partition coefficient (Wildman–Crippen LogP) is 3.06. The van der Waals surface area contributed by atoms with E-state index in [-0.39, 0.29) is 17.1 Å². The Morgan fingerprint density at radius 1 is 1.05 bits per heavy atom. The number of fused-ring (bicyclic) bond motifs is 2. The fourth-order valence-electron chi connectivity index (χ4n) is 4.76. The molecule has 1 saturated heterocycles. The topological polar surface area (TPSA) is 145 Å². The van der Waals surface area contributed by atoms with Crippen LogP contribution in [0.2, 0.25) is 5.02 Å². The molecule has 0 atom stereocenters. The number of aryl methyl sites for hydroxylation is 1. The summed E-state index contributed by atoms with van der Waals surface area (Å²) in [5.41, 5.74) is 1.20. The van der Waals surface area contributed by atoms with E-state index in [2.05, 4.69) is 15.0 Å².